The van der Waals surface area contributed by atoms with E-state index < -0.39 is 16.1 Å². The minimum Gasteiger partial charge on any atom is -0.391 e. The average molecular weight is 326 g/mol. The van der Waals surface area contributed by atoms with E-state index in [-0.39, 0.29) is 11.7 Å². The maximum Gasteiger partial charge on any atom is 0.214 e. The van der Waals surface area contributed by atoms with Crippen molar-refractivity contribution in [3.63, 3.8) is 0 Å². The fourth-order valence-electron chi connectivity index (χ4n) is 2.98. The van der Waals surface area contributed by atoms with Gasteiger partial charge in [-0.2, -0.15) is 0 Å². The summed E-state index contributed by atoms with van der Waals surface area (Å²) < 4.78 is 25.2. The molecule has 1 heterocycles. The van der Waals surface area contributed by atoms with Crippen molar-refractivity contribution in [3.05, 3.63) is 34.9 Å². The summed E-state index contributed by atoms with van der Waals surface area (Å²) in [5.41, 5.74) is 3.74. The molecule has 5 nitrogen and oxygen atoms in total. The van der Waals surface area contributed by atoms with E-state index in [1.807, 2.05) is 6.07 Å². The van der Waals surface area contributed by atoms with Crippen molar-refractivity contribution in [2.45, 2.75) is 26.5 Å². The fraction of sp³-hybridized carbons (Fsp3) is 0.625. The van der Waals surface area contributed by atoms with E-state index in [0.717, 1.165) is 6.54 Å². The second-order valence-corrected chi connectivity index (χ2v) is 8.68. The number of sulfonamides is 1. The summed E-state index contributed by atoms with van der Waals surface area (Å²) in [5, 5.41) is 10.2. The van der Waals surface area contributed by atoms with Crippen LogP contribution >= 0.6 is 0 Å². The molecule has 2 unspecified atom stereocenters. The van der Waals surface area contributed by atoms with E-state index in [2.05, 4.69) is 30.9 Å². The summed E-state index contributed by atoms with van der Waals surface area (Å²) >= 11 is 0. The van der Waals surface area contributed by atoms with Crippen molar-refractivity contribution >= 4 is 10.0 Å². The lowest BCUT2D eigenvalue weighted by Gasteiger charge is -2.19. The molecular formula is C16H26N2O3S. The van der Waals surface area contributed by atoms with Gasteiger partial charge in [-0.05, 0) is 30.5 Å². The molecule has 6 heteroatoms. The first-order valence-corrected chi connectivity index (χ1v) is 9.17. The Labute approximate surface area is 133 Å². The lowest BCUT2D eigenvalue weighted by Crippen LogP contribution is -2.33. The van der Waals surface area contributed by atoms with Crippen molar-refractivity contribution in [1.29, 1.82) is 0 Å². The van der Waals surface area contributed by atoms with Crippen molar-refractivity contribution in [2.75, 3.05) is 32.9 Å². The van der Waals surface area contributed by atoms with Gasteiger partial charge in [-0.25, -0.2) is 12.7 Å². The number of hydrogen-bond donors (Lipinski definition) is 1. The van der Waals surface area contributed by atoms with Gasteiger partial charge in [0.25, 0.3) is 0 Å². The fourth-order valence-corrected chi connectivity index (χ4v) is 4.14. The third-order valence-electron chi connectivity index (χ3n) is 4.49. The molecule has 22 heavy (non-hydrogen) atoms. The molecule has 2 atom stereocenters. The first-order valence-electron chi connectivity index (χ1n) is 7.56. The molecule has 1 aliphatic rings. The van der Waals surface area contributed by atoms with Crippen LogP contribution in [0.25, 0.3) is 0 Å². The summed E-state index contributed by atoms with van der Waals surface area (Å²) in [6.07, 6.45) is -0.584. The van der Waals surface area contributed by atoms with Gasteiger partial charge in [0.1, 0.15) is 0 Å². The van der Waals surface area contributed by atoms with Gasteiger partial charge in [0, 0.05) is 39.6 Å². The van der Waals surface area contributed by atoms with Crippen LogP contribution < -0.4 is 0 Å². The molecule has 2 rings (SSSR count). The molecule has 0 saturated carbocycles. The highest BCUT2D eigenvalue weighted by atomic mass is 32.2. The highest BCUT2D eigenvalue weighted by Crippen LogP contribution is 2.24. The average Bonchev–Trinajstić information content (AvgIpc) is 2.74. The molecule has 1 saturated heterocycles. The molecule has 1 aliphatic heterocycles. The Bertz CT molecular complexity index is 608. The summed E-state index contributed by atoms with van der Waals surface area (Å²) in [6.45, 7) is 6.07. The van der Waals surface area contributed by atoms with Gasteiger partial charge in [0.05, 0.1) is 11.9 Å². The minimum atomic E-state index is -3.28. The number of aliphatic hydroxyl groups excluding tert-OH is 1. The number of β-amino-alcohol motifs (C(OH)–C–C–N with tert-alkyl or cyclic N) is 1. The van der Waals surface area contributed by atoms with Crippen LogP contribution in [0.3, 0.4) is 0 Å². The molecule has 1 N–H and O–H groups in total. The number of likely N-dealkylation sites (tertiary alicyclic amines) is 1. The maximum atomic E-state index is 12.0. The predicted octanol–water partition coefficient (Wildman–Crippen LogP) is 0.988. The topological polar surface area (TPSA) is 60.9 Å². The number of nitrogens with zero attached hydrogens (tertiary/aromatic N) is 2. The van der Waals surface area contributed by atoms with Gasteiger partial charge in [0.2, 0.25) is 10.0 Å². The third-order valence-corrected chi connectivity index (χ3v) is 6.45. The Morgan fingerprint density at radius 2 is 1.82 bits per heavy atom. The number of rotatable bonds is 5. The zero-order valence-electron chi connectivity index (χ0n) is 13.8. The van der Waals surface area contributed by atoms with Gasteiger partial charge in [0.15, 0.2) is 0 Å². The van der Waals surface area contributed by atoms with Crippen LogP contribution in [0.15, 0.2) is 18.2 Å². The van der Waals surface area contributed by atoms with Gasteiger partial charge in [-0.3, -0.25) is 4.90 Å². The molecule has 0 amide bonds. The van der Waals surface area contributed by atoms with Crippen LogP contribution in [0.2, 0.25) is 0 Å². The minimum absolute atomic E-state index is 0.00439. The van der Waals surface area contributed by atoms with Crippen molar-refractivity contribution in [3.8, 4) is 0 Å². The molecule has 0 spiro atoms. The first kappa shape index (κ1) is 17.4. The van der Waals surface area contributed by atoms with E-state index >= 15 is 0 Å². The van der Waals surface area contributed by atoms with Crippen LogP contribution in [-0.2, 0) is 16.6 Å². The molecule has 0 radical (unpaired) electrons. The van der Waals surface area contributed by atoms with Crippen LogP contribution in [0.1, 0.15) is 16.7 Å². The highest BCUT2D eigenvalue weighted by molar-refractivity contribution is 7.89. The summed E-state index contributed by atoms with van der Waals surface area (Å²) in [5.74, 6) is -0.221. The van der Waals surface area contributed by atoms with Crippen LogP contribution in [0.5, 0.6) is 0 Å². The maximum absolute atomic E-state index is 12.0. The first-order chi connectivity index (χ1) is 10.2. The second kappa shape index (κ2) is 6.66. The van der Waals surface area contributed by atoms with Gasteiger partial charge < -0.3 is 5.11 Å². The van der Waals surface area contributed by atoms with Crippen LogP contribution in [0, 0.1) is 19.8 Å². The second-order valence-electron chi connectivity index (χ2n) is 6.45. The Kier molecular flexibility index (Phi) is 5.27. The Morgan fingerprint density at radius 3 is 2.36 bits per heavy atom. The standard InChI is InChI=1S/C16H26N2O3S/c1-12-6-5-7-13(2)15(12)9-18-8-14(16(19)10-18)11-22(20,21)17(3)4/h5-7,14,16,19H,8-11H2,1-4H3. The molecule has 1 aromatic rings. The Balaban J connectivity index is 2.05. The van der Waals surface area contributed by atoms with Gasteiger partial charge in [-0.15, -0.1) is 0 Å². The highest BCUT2D eigenvalue weighted by Gasteiger charge is 2.35. The van der Waals surface area contributed by atoms with Crippen LogP contribution in [-0.4, -0.2) is 61.8 Å². The van der Waals surface area contributed by atoms with Crippen molar-refractivity contribution in [1.82, 2.24) is 9.21 Å². The van der Waals surface area contributed by atoms with Gasteiger partial charge in [-0.1, -0.05) is 18.2 Å². The molecule has 124 valence electrons. The normalized spacial score (nSPS) is 23.4. The van der Waals surface area contributed by atoms with Crippen LogP contribution in [0.4, 0.5) is 0 Å². The molecule has 1 aromatic carbocycles. The monoisotopic (exact) mass is 326 g/mol. The number of aliphatic hydroxyl groups is 1. The largest absolute Gasteiger partial charge is 0.391 e. The molecule has 0 aliphatic carbocycles. The molecular weight excluding hydrogens is 300 g/mol. The van der Waals surface area contributed by atoms with E-state index in [9.17, 15) is 13.5 Å². The Morgan fingerprint density at radius 1 is 1.23 bits per heavy atom. The summed E-state index contributed by atoms with van der Waals surface area (Å²) in [4.78, 5) is 2.15. The zero-order valence-corrected chi connectivity index (χ0v) is 14.6. The zero-order chi connectivity index (χ0) is 16.5. The predicted molar refractivity (Wildman–Crippen MR) is 88.2 cm³/mol. The number of benzene rings is 1. The van der Waals surface area contributed by atoms with E-state index in [0.29, 0.717) is 13.1 Å². The molecule has 0 aromatic heterocycles. The van der Waals surface area contributed by atoms with Crippen molar-refractivity contribution < 1.29 is 13.5 Å². The third kappa shape index (κ3) is 3.87. The summed E-state index contributed by atoms with van der Waals surface area (Å²) in [6, 6.07) is 6.21. The lowest BCUT2D eigenvalue weighted by atomic mass is 10.0. The van der Waals surface area contributed by atoms with E-state index in [1.54, 1.807) is 0 Å². The SMILES string of the molecule is Cc1cccc(C)c1CN1CC(O)C(CS(=O)(=O)N(C)C)C1. The van der Waals surface area contributed by atoms with Crippen molar-refractivity contribution in [2.24, 2.45) is 5.92 Å². The van der Waals surface area contributed by atoms with E-state index in [1.165, 1.54) is 35.1 Å². The molecule has 1 fully saturated rings. The quantitative estimate of drug-likeness (QED) is 0.876. The molecule has 0 bridgehead atoms. The summed E-state index contributed by atoms with van der Waals surface area (Å²) in [7, 11) is -0.215. The van der Waals surface area contributed by atoms with Gasteiger partial charge >= 0.3 is 0 Å². The number of aryl methyl sites for hydroxylation is 2. The van der Waals surface area contributed by atoms with E-state index in [4.69, 9.17) is 0 Å². The Hall–Kier alpha value is -0.950. The smallest absolute Gasteiger partial charge is 0.214 e. The number of hydrogen-bond acceptors (Lipinski definition) is 4. The lowest BCUT2D eigenvalue weighted by molar-refractivity contribution is 0.148.